The summed E-state index contributed by atoms with van der Waals surface area (Å²) >= 11 is 0. The molecule has 5 nitrogen and oxygen atoms in total. The van der Waals surface area contributed by atoms with E-state index in [1.165, 1.54) is 12.0 Å². The summed E-state index contributed by atoms with van der Waals surface area (Å²) in [6.07, 6.45) is 6.52. The lowest BCUT2D eigenvalue weighted by atomic mass is 10.0. The highest BCUT2D eigenvalue weighted by atomic mass is 16.1. The molecule has 0 radical (unpaired) electrons. The first kappa shape index (κ1) is 15.7. The average Bonchev–Trinajstić information content (AvgIpc) is 3.25. The van der Waals surface area contributed by atoms with Crippen LogP contribution in [0.5, 0.6) is 0 Å². The fourth-order valence-corrected chi connectivity index (χ4v) is 3.03. The molecule has 1 aromatic carbocycles. The number of hydrogen-bond acceptors (Lipinski definition) is 3. The number of nitrogens with one attached hydrogen (secondary N) is 2. The van der Waals surface area contributed by atoms with Gasteiger partial charge in [0.2, 0.25) is 5.91 Å². The van der Waals surface area contributed by atoms with Crippen LogP contribution in [0.1, 0.15) is 30.4 Å². The van der Waals surface area contributed by atoms with E-state index < -0.39 is 0 Å². The molecule has 1 amide bonds. The van der Waals surface area contributed by atoms with Crippen molar-refractivity contribution in [3.05, 3.63) is 53.9 Å². The Hall–Kier alpha value is -2.14. The maximum Gasteiger partial charge on any atom is 0.220 e. The van der Waals surface area contributed by atoms with Gasteiger partial charge in [-0.25, -0.2) is 0 Å². The molecule has 1 aliphatic heterocycles. The first-order chi connectivity index (χ1) is 11.3. The Labute approximate surface area is 137 Å². The first-order valence-electron chi connectivity index (χ1n) is 8.33. The third-order valence-corrected chi connectivity index (χ3v) is 4.43. The van der Waals surface area contributed by atoms with Crippen molar-refractivity contribution in [2.24, 2.45) is 5.92 Å². The predicted octanol–water partition coefficient (Wildman–Crippen LogP) is 1.94. The summed E-state index contributed by atoms with van der Waals surface area (Å²) in [5.74, 6) is 0.804. The monoisotopic (exact) mass is 312 g/mol. The number of carbonyl (C=O) groups is 1. The molecule has 1 fully saturated rings. The molecule has 23 heavy (non-hydrogen) atoms. The van der Waals surface area contributed by atoms with Crippen LogP contribution < -0.4 is 10.6 Å². The van der Waals surface area contributed by atoms with Crippen molar-refractivity contribution in [3.63, 3.8) is 0 Å². The largest absolute Gasteiger partial charge is 0.352 e. The van der Waals surface area contributed by atoms with Crippen molar-refractivity contribution >= 4 is 5.91 Å². The molecular weight excluding hydrogens is 288 g/mol. The average molecular weight is 312 g/mol. The van der Waals surface area contributed by atoms with E-state index in [1.807, 2.05) is 29.1 Å². The number of rotatable bonds is 7. The molecule has 1 aliphatic rings. The third kappa shape index (κ3) is 4.66. The Balaban J connectivity index is 1.50. The van der Waals surface area contributed by atoms with Crippen LogP contribution in [-0.4, -0.2) is 28.8 Å². The highest BCUT2D eigenvalue weighted by Gasteiger charge is 2.15. The Morgan fingerprint density at radius 3 is 2.91 bits per heavy atom. The standard InChI is InChI=1S/C18H24N4O/c23-18(7-6-15-8-10-19-12-15)20-13-16-4-1-2-5-17(16)14-22-11-3-9-21-22/h1-5,9,11,15,19H,6-8,10,12-14H2,(H,20,23). The van der Waals surface area contributed by atoms with E-state index in [-0.39, 0.29) is 5.91 Å². The first-order valence-corrected chi connectivity index (χ1v) is 8.33. The van der Waals surface area contributed by atoms with Crippen LogP contribution in [0, 0.1) is 5.92 Å². The second kappa shape index (κ2) is 7.92. The van der Waals surface area contributed by atoms with Crippen LogP contribution in [-0.2, 0) is 17.9 Å². The van der Waals surface area contributed by atoms with Gasteiger partial charge in [-0.15, -0.1) is 0 Å². The van der Waals surface area contributed by atoms with E-state index >= 15 is 0 Å². The summed E-state index contributed by atoms with van der Waals surface area (Å²) in [7, 11) is 0. The number of amides is 1. The SMILES string of the molecule is O=C(CCC1CCNC1)NCc1ccccc1Cn1cccn1. The van der Waals surface area contributed by atoms with Crippen molar-refractivity contribution in [3.8, 4) is 0 Å². The molecule has 1 saturated heterocycles. The lowest BCUT2D eigenvalue weighted by Crippen LogP contribution is -2.24. The summed E-state index contributed by atoms with van der Waals surface area (Å²) in [5, 5.41) is 10.6. The van der Waals surface area contributed by atoms with Crippen LogP contribution in [0.3, 0.4) is 0 Å². The molecule has 0 bridgehead atoms. The van der Waals surface area contributed by atoms with Crippen LogP contribution >= 0.6 is 0 Å². The van der Waals surface area contributed by atoms with Crippen LogP contribution in [0.25, 0.3) is 0 Å². The van der Waals surface area contributed by atoms with Gasteiger partial charge in [0.05, 0.1) is 6.54 Å². The molecular formula is C18H24N4O. The van der Waals surface area contributed by atoms with Crippen LogP contribution in [0.4, 0.5) is 0 Å². The minimum atomic E-state index is 0.144. The zero-order valence-corrected chi connectivity index (χ0v) is 13.4. The maximum atomic E-state index is 12.1. The molecule has 1 unspecified atom stereocenters. The van der Waals surface area contributed by atoms with E-state index in [0.29, 0.717) is 18.9 Å². The molecule has 2 N–H and O–H groups in total. The van der Waals surface area contributed by atoms with Gasteiger partial charge in [-0.2, -0.15) is 5.10 Å². The maximum absolute atomic E-state index is 12.1. The van der Waals surface area contributed by atoms with Gasteiger partial charge < -0.3 is 10.6 Å². The topological polar surface area (TPSA) is 59.0 Å². The van der Waals surface area contributed by atoms with Gasteiger partial charge in [0.25, 0.3) is 0 Å². The molecule has 2 aromatic rings. The Morgan fingerprint density at radius 2 is 2.17 bits per heavy atom. The Morgan fingerprint density at radius 1 is 1.30 bits per heavy atom. The minimum absolute atomic E-state index is 0.144. The van der Waals surface area contributed by atoms with Gasteiger partial charge in [0.1, 0.15) is 0 Å². The summed E-state index contributed by atoms with van der Waals surface area (Å²) in [6, 6.07) is 10.1. The normalized spacial score (nSPS) is 17.3. The van der Waals surface area contributed by atoms with Crippen LogP contribution in [0.15, 0.2) is 42.7 Å². The van der Waals surface area contributed by atoms with E-state index in [9.17, 15) is 4.79 Å². The molecule has 0 saturated carbocycles. The van der Waals surface area contributed by atoms with Crippen molar-refractivity contribution < 1.29 is 4.79 Å². The fraction of sp³-hybridized carbons (Fsp3) is 0.444. The van der Waals surface area contributed by atoms with Crippen molar-refractivity contribution in [1.82, 2.24) is 20.4 Å². The van der Waals surface area contributed by atoms with Gasteiger partial charge in [-0.3, -0.25) is 9.48 Å². The molecule has 5 heteroatoms. The minimum Gasteiger partial charge on any atom is -0.352 e. The molecule has 1 aromatic heterocycles. The molecule has 3 rings (SSSR count). The third-order valence-electron chi connectivity index (χ3n) is 4.43. The van der Waals surface area contributed by atoms with Gasteiger partial charge in [-0.1, -0.05) is 24.3 Å². The number of nitrogens with zero attached hydrogens (tertiary/aromatic N) is 2. The zero-order valence-electron chi connectivity index (χ0n) is 13.4. The van der Waals surface area contributed by atoms with E-state index in [4.69, 9.17) is 0 Å². The summed E-state index contributed by atoms with van der Waals surface area (Å²) < 4.78 is 1.90. The summed E-state index contributed by atoms with van der Waals surface area (Å²) in [6.45, 7) is 3.46. The van der Waals surface area contributed by atoms with Gasteiger partial charge in [-0.05, 0) is 49.0 Å². The van der Waals surface area contributed by atoms with Crippen molar-refractivity contribution in [1.29, 1.82) is 0 Å². The van der Waals surface area contributed by atoms with Crippen molar-refractivity contribution in [2.45, 2.75) is 32.4 Å². The van der Waals surface area contributed by atoms with Crippen LogP contribution in [0.2, 0.25) is 0 Å². The predicted molar refractivity (Wildman–Crippen MR) is 89.8 cm³/mol. The second-order valence-electron chi connectivity index (χ2n) is 6.15. The second-order valence-corrected chi connectivity index (χ2v) is 6.15. The zero-order chi connectivity index (χ0) is 15.9. The lowest BCUT2D eigenvalue weighted by molar-refractivity contribution is -0.121. The smallest absolute Gasteiger partial charge is 0.220 e. The van der Waals surface area contributed by atoms with Gasteiger partial charge >= 0.3 is 0 Å². The van der Waals surface area contributed by atoms with E-state index in [1.54, 1.807) is 6.20 Å². The highest BCUT2D eigenvalue weighted by Crippen LogP contribution is 2.14. The number of aromatic nitrogens is 2. The van der Waals surface area contributed by atoms with Gasteiger partial charge in [0.15, 0.2) is 0 Å². The summed E-state index contributed by atoms with van der Waals surface area (Å²) in [5.41, 5.74) is 2.34. The Bertz CT molecular complexity index is 618. The van der Waals surface area contributed by atoms with E-state index in [0.717, 1.165) is 31.6 Å². The molecule has 122 valence electrons. The lowest BCUT2D eigenvalue weighted by Gasteiger charge is -2.12. The molecule has 1 atom stereocenters. The quantitative estimate of drug-likeness (QED) is 0.821. The molecule has 0 spiro atoms. The van der Waals surface area contributed by atoms with Gasteiger partial charge in [0, 0.05) is 25.4 Å². The highest BCUT2D eigenvalue weighted by molar-refractivity contribution is 5.75. The van der Waals surface area contributed by atoms with Crippen molar-refractivity contribution in [2.75, 3.05) is 13.1 Å². The summed E-state index contributed by atoms with van der Waals surface area (Å²) in [4.78, 5) is 12.1. The molecule has 0 aliphatic carbocycles. The number of hydrogen-bond donors (Lipinski definition) is 2. The Kier molecular flexibility index (Phi) is 5.42. The molecule has 2 heterocycles. The number of carbonyl (C=O) groups excluding carboxylic acids is 1. The fourth-order valence-electron chi connectivity index (χ4n) is 3.03. The van der Waals surface area contributed by atoms with E-state index in [2.05, 4.69) is 27.9 Å². The number of benzene rings is 1.